The molecule has 6 heteroatoms. The minimum absolute atomic E-state index is 0.148. The SMILES string of the molecule is COC(=O)[C@@H](CCCCCCC(=O)N1CCCc2ccccc21)C(=O)O. The van der Waals surface area contributed by atoms with Gasteiger partial charge in [-0.15, -0.1) is 0 Å². The average Bonchev–Trinajstić information content (AvgIpc) is 2.65. The van der Waals surface area contributed by atoms with Crippen molar-refractivity contribution in [2.24, 2.45) is 5.92 Å². The highest BCUT2D eigenvalue weighted by Crippen LogP contribution is 2.27. The number of esters is 1. The summed E-state index contributed by atoms with van der Waals surface area (Å²) in [6, 6.07) is 8.05. The van der Waals surface area contributed by atoms with E-state index in [0.717, 1.165) is 44.3 Å². The Labute approximate surface area is 154 Å². The fourth-order valence-corrected chi connectivity index (χ4v) is 3.39. The number of benzene rings is 1. The number of nitrogens with zero attached hydrogens (tertiary/aromatic N) is 1. The number of fused-ring (bicyclic) bond motifs is 1. The first-order valence-corrected chi connectivity index (χ1v) is 9.23. The highest BCUT2D eigenvalue weighted by molar-refractivity contribution is 5.94. The third-order valence-corrected chi connectivity index (χ3v) is 4.83. The van der Waals surface area contributed by atoms with Crippen LogP contribution < -0.4 is 4.90 Å². The third kappa shape index (κ3) is 5.31. The normalized spacial score (nSPS) is 14.4. The van der Waals surface area contributed by atoms with E-state index in [9.17, 15) is 14.4 Å². The molecule has 0 saturated carbocycles. The Morgan fingerprint density at radius 1 is 1.15 bits per heavy atom. The van der Waals surface area contributed by atoms with Gasteiger partial charge in [-0.3, -0.25) is 14.4 Å². The summed E-state index contributed by atoms with van der Waals surface area (Å²) in [5, 5.41) is 9.02. The van der Waals surface area contributed by atoms with E-state index < -0.39 is 17.9 Å². The van der Waals surface area contributed by atoms with Crippen LogP contribution in [-0.2, 0) is 25.5 Å². The van der Waals surface area contributed by atoms with Crippen molar-refractivity contribution in [2.75, 3.05) is 18.6 Å². The molecule has 1 aliphatic rings. The monoisotopic (exact) mass is 361 g/mol. The van der Waals surface area contributed by atoms with E-state index in [0.29, 0.717) is 12.8 Å². The van der Waals surface area contributed by atoms with Crippen molar-refractivity contribution in [2.45, 2.75) is 51.4 Å². The van der Waals surface area contributed by atoms with Crippen LogP contribution in [0.2, 0.25) is 0 Å². The first-order valence-electron chi connectivity index (χ1n) is 9.23. The van der Waals surface area contributed by atoms with Crippen LogP contribution in [0.25, 0.3) is 0 Å². The van der Waals surface area contributed by atoms with Crippen molar-refractivity contribution in [3.63, 3.8) is 0 Å². The molecule has 1 atom stereocenters. The Morgan fingerprint density at radius 2 is 1.88 bits per heavy atom. The molecule has 6 nitrogen and oxygen atoms in total. The summed E-state index contributed by atoms with van der Waals surface area (Å²) in [4.78, 5) is 36.8. The number of carbonyl (C=O) groups excluding carboxylic acids is 2. The van der Waals surface area contributed by atoms with E-state index in [2.05, 4.69) is 10.8 Å². The predicted molar refractivity (Wildman–Crippen MR) is 98.0 cm³/mol. The molecule has 2 rings (SSSR count). The van der Waals surface area contributed by atoms with Crippen LogP contribution in [0.15, 0.2) is 24.3 Å². The maximum Gasteiger partial charge on any atom is 0.320 e. The van der Waals surface area contributed by atoms with Crippen LogP contribution in [0.1, 0.15) is 50.5 Å². The lowest BCUT2D eigenvalue weighted by Crippen LogP contribution is -2.35. The summed E-state index contributed by atoms with van der Waals surface area (Å²) in [6.45, 7) is 0.773. The van der Waals surface area contributed by atoms with Crippen molar-refractivity contribution in [3.8, 4) is 0 Å². The molecule has 1 amide bonds. The number of ether oxygens (including phenoxy) is 1. The Balaban J connectivity index is 1.70. The predicted octanol–water partition coefficient (Wildman–Crippen LogP) is 3.18. The van der Waals surface area contributed by atoms with Crippen molar-refractivity contribution >= 4 is 23.5 Å². The zero-order valence-electron chi connectivity index (χ0n) is 15.3. The number of carboxylic acid groups (broad SMARTS) is 1. The molecule has 1 aliphatic heterocycles. The van der Waals surface area contributed by atoms with E-state index in [1.165, 1.54) is 12.7 Å². The van der Waals surface area contributed by atoms with E-state index in [1.807, 2.05) is 23.1 Å². The van der Waals surface area contributed by atoms with Gasteiger partial charge in [0, 0.05) is 18.7 Å². The highest BCUT2D eigenvalue weighted by Gasteiger charge is 2.26. The highest BCUT2D eigenvalue weighted by atomic mass is 16.5. The molecule has 0 saturated heterocycles. The van der Waals surface area contributed by atoms with Crippen LogP contribution in [0, 0.1) is 5.92 Å². The second-order valence-electron chi connectivity index (χ2n) is 6.64. The molecule has 0 aliphatic carbocycles. The lowest BCUT2D eigenvalue weighted by Gasteiger charge is -2.29. The molecule has 1 aromatic rings. The van der Waals surface area contributed by atoms with Gasteiger partial charge in [0.2, 0.25) is 5.91 Å². The standard InChI is InChI=1S/C20H27NO5/c1-26-20(25)16(19(23)24)11-4-2-3-5-13-18(22)21-14-8-10-15-9-6-7-12-17(15)21/h6-7,9,12,16H,2-5,8,10-11,13-14H2,1H3,(H,23,24)/t16-/m0/s1. The first kappa shape index (κ1) is 19.9. The van der Waals surface area contributed by atoms with Gasteiger partial charge >= 0.3 is 11.9 Å². The number of rotatable bonds is 9. The molecule has 0 unspecified atom stereocenters. The Hall–Kier alpha value is -2.37. The topological polar surface area (TPSA) is 83.9 Å². The molecule has 1 aromatic carbocycles. The summed E-state index contributed by atoms with van der Waals surface area (Å²) >= 11 is 0. The Kier molecular flexibility index (Phi) is 7.63. The average molecular weight is 361 g/mol. The largest absolute Gasteiger partial charge is 0.481 e. The second-order valence-corrected chi connectivity index (χ2v) is 6.64. The molecular formula is C20H27NO5. The Morgan fingerprint density at radius 3 is 2.62 bits per heavy atom. The summed E-state index contributed by atoms with van der Waals surface area (Å²) in [5.41, 5.74) is 2.26. The first-order chi connectivity index (χ1) is 12.5. The molecule has 1 heterocycles. The quantitative estimate of drug-likeness (QED) is 0.415. The molecule has 0 radical (unpaired) electrons. The number of carboxylic acids is 1. The number of para-hydroxylation sites is 1. The van der Waals surface area contributed by atoms with Crippen molar-refractivity contribution in [3.05, 3.63) is 29.8 Å². The second kappa shape index (κ2) is 9.94. The van der Waals surface area contributed by atoms with Gasteiger partial charge < -0.3 is 14.7 Å². The van der Waals surface area contributed by atoms with Crippen LogP contribution in [0.5, 0.6) is 0 Å². The molecule has 0 spiro atoms. The smallest absolute Gasteiger partial charge is 0.320 e. The number of carbonyl (C=O) groups is 3. The lowest BCUT2D eigenvalue weighted by molar-refractivity contribution is -0.157. The van der Waals surface area contributed by atoms with Gasteiger partial charge in [-0.1, -0.05) is 37.5 Å². The van der Waals surface area contributed by atoms with E-state index in [4.69, 9.17) is 5.11 Å². The van der Waals surface area contributed by atoms with Crippen LogP contribution in [-0.4, -0.2) is 36.6 Å². The van der Waals surface area contributed by atoms with Crippen LogP contribution in [0.3, 0.4) is 0 Å². The Bertz CT molecular complexity index is 643. The third-order valence-electron chi connectivity index (χ3n) is 4.83. The fraction of sp³-hybridized carbons (Fsp3) is 0.550. The number of anilines is 1. The number of unbranched alkanes of at least 4 members (excludes halogenated alkanes) is 3. The van der Waals surface area contributed by atoms with Gasteiger partial charge in [-0.25, -0.2) is 0 Å². The molecule has 142 valence electrons. The number of amides is 1. The number of hydrogen-bond acceptors (Lipinski definition) is 4. The van der Waals surface area contributed by atoms with Crippen molar-refractivity contribution in [1.82, 2.24) is 0 Å². The van der Waals surface area contributed by atoms with E-state index >= 15 is 0 Å². The van der Waals surface area contributed by atoms with E-state index in [-0.39, 0.29) is 12.3 Å². The molecule has 0 bridgehead atoms. The zero-order chi connectivity index (χ0) is 18.9. The molecular weight excluding hydrogens is 334 g/mol. The molecule has 0 aromatic heterocycles. The van der Waals surface area contributed by atoms with Gasteiger partial charge in [0.05, 0.1) is 7.11 Å². The van der Waals surface area contributed by atoms with Crippen LogP contribution >= 0.6 is 0 Å². The zero-order valence-corrected chi connectivity index (χ0v) is 15.3. The molecule has 26 heavy (non-hydrogen) atoms. The number of methoxy groups -OCH3 is 1. The van der Waals surface area contributed by atoms with Gasteiger partial charge in [-0.2, -0.15) is 0 Å². The summed E-state index contributed by atoms with van der Waals surface area (Å²) in [5.74, 6) is -2.78. The maximum atomic E-state index is 12.5. The van der Waals surface area contributed by atoms with Crippen molar-refractivity contribution in [1.29, 1.82) is 0 Å². The van der Waals surface area contributed by atoms with Gasteiger partial charge in [0.15, 0.2) is 5.92 Å². The van der Waals surface area contributed by atoms with E-state index in [1.54, 1.807) is 0 Å². The van der Waals surface area contributed by atoms with Crippen LogP contribution in [0.4, 0.5) is 5.69 Å². The molecule has 0 fully saturated rings. The summed E-state index contributed by atoms with van der Waals surface area (Å²) in [6.07, 6.45) is 5.82. The van der Waals surface area contributed by atoms with Gasteiger partial charge in [0.25, 0.3) is 0 Å². The summed E-state index contributed by atoms with van der Waals surface area (Å²) < 4.78 is 4.51. The summed E-state index contributed by atoms with van der Waals surface area (Å²) in [7, 11) is 1.20. The van der Waals surface area contributed by atoms with Gasteiger partial charge in [0.1, 0.15) is 0 Å². The minimum Gasteiger partial charge on any atom is -0.481 e. The number of aryl methyl sites for hydroxylation is 1. The minimum atomic E-state index is -1.14. The fourth-order valence-electron chi connectivity index (χ4n) is 3.39. The number of aliphatic carboxylic acids is 1. The lowest BCUT2D eigenvalue weighted by atomic mass is 9.99. The molecule has 1 N–H and O–H groups in total. The number of hydrogen-bond donors (Lipinski definition) is 1. The maximum absolute atomic E-state index is 12.5. The van der Waals surface area contributed by atoms with Gasteiger partial charge in [-0.05, 0) is 37.3 Å². The van der Waals surface area contributed by atoms with Crippen molar-refractivity contribution < 1.29 is 24.2 Å².